The molecule has 1 unspecified atom stereocenters. The Morgan fingerprint density at radius 2 is 2.05 bits per heavy atom. The molecule has 1 atom stereocenters. The molecule has 0 aromatic rings. The van der Waals surface area contributed by atoms with E-state index in [4.69, 9.17) is 9.84 Å². The van der Waals surface area contributed by atoms with E-state index in [1.807, 2.05) is 0 Å². The average Bonchev–Trinajstić information content (AvgIpc) is 2.38. The molecule has 6 nitrogen and oxygen atoms in total. The summed E-state index contributed by atoms with van der Waals surface area (Å²) in [6.45, 7) is 5.85. The standard InChI is InChI=1S/C13H21NO5/c1-13(2,3)19-12(18)14-6-4-5-10(15)9(8-14)7-11(16)17/h9H,4-8H2,1-3H3,(H,16,17). The van der Waals surface area contributed by atoms with Gasteiger partial charge in [-0.3, -0.25) is 9.59 Å². The van der Waals surface area contributed by atoms with Crippen molar-refractivity contribution >= 4 is 17.8 Å². The van der Waals surface area contributed by atoms with Gasteiger partial charge >= 0.3 is 12.1 Å². The van der Waals surface area contributed by atoms with Crippen molar-refractivity contribution in [1.29, 1.82) is 0 Å². The van der Waals surface area contributed by atoms with E-state index < -0.39 is 23.6 Å². The van der Waals surface area contributed by atoms with Gasteiger partial charge < -0.3 is 14.7 Å². The Morgan fingerprint density at radius 1 is 1.42 bits per heavy atom. The van der Waals surface area contributed by atoms with Crippen molar-refractivity contribution < 1.29 is 24.2 Å². The molecule has 0 aromatic heterocycles. The average molecular weight is 271 g/mol. The number of hydrogen-bond acceptors (Lipinski definition) is 4. The quantitative estimate of drug-likeness (QED) is 0.826. The summed E-state index contributed by atoms with van der Waals surface area (Å²) in [5, 5.41) is 8.80. The number of carboxylic acid groups (broad SMARTS) is 1. The smallest absolute Gasteiger partial charge is 0.410 e. The van der Waals surface area contributed by atoms with Crippen LogP contribution in [0.3, 0.4) is 0 Å². The van der Waals surface area contributed by atoms with Gasteiger partial charge in [0.05, 0.1) is 6.42 Å². The lowest BCUT2D eigenvalue weighted by molar-refractivity contribution is -0.140. The van der Waals surface area contributed by atoms with Crippen LogP contribution >= 0.6 is 0 Å². The van der Waals surface area contributed by atoms with E-state index in [0.717, 1.165) is 0 Å². The monoisotopic (exact) mass is 271 g/mol. The van der Waals surface area contributed by atoms with Crippen LogP contribution in [0.2, 0.25) is 0 Å². The Labute approximate surface area is 112 Å². The maximum atomic E-state index is 11.9. The Balaban J connectivity index is 2.71. The summed E-state index contributed by atoms with van der Waals surface area (Å²) >= 11 is 0. The summed E-state index contributed by atoms with van der Waals surface area (Å²) in [5.74, 6) is -1.75. The topological polar surface area (TPSA) is 83.9 Å². The third kappa shape index (κ3) is 5.28. The second-order valence-corrected chi connectivity index (χ2v) is 5.79. The van der Waals surface area contributed by atoms with Gasteiger partial charge in [-0.15, -0.1) is 0 Å². The van der Waals surface area contributed by atoms with Crippen molar-refractivity contribution in [1.82, 2.24) is 4.90 Å². The number of nitrogens with zero attached hydrogens (tertiary/aromatic N) is 1. The number of amides is 1. The highest BCUT2D eigenvalue weighted by Gasteiger charge is 2.31. The number of rotatable bonds is 2. The van der Waals surface area contributed by atoms with Crippen molar-refractivity contribution in [2.75, 3.05) is 13.1 Å². The van der Waals surface area contributed by atoms with E-state index in [1.54, 1.807) is 20.8 Å². The van der Waals surface area contributed by atoms with Crippen LogP contribution in [-0.2, 0) is 14.3 Å². The number of carbonyl (C=O) groups is 3. The number of ether oxygens (including phenoxy) is 1. The molecule has 1 amide bonds. The molecule has 108 valence electrons. The summed E-state index contributed by atoms with van der Waals surface area (Å²) in [6, 6.07) is 0. The largest absolute Gasteiger partial charge is 0.481 e. The molecule has 6 heteroatoms. The molecule has 1 aliphatic heterocycles. The highest BCUT2D eigenvalue weighted by Crippen LogP contribution is 2.19. The molecule has 1 rings (SSSR count). The Bertz CT molecular complexity index is 372. The SMILES string of the molecule is CC(C)(C)OC(=O)N1CCCC(=O)C(CC(=O)O)C1. The van der Waals surface area contributed by atoms with Crippen LogP contribution in [0.5, 0.6) is 0 Å². The Kier molecular flexibility index (Phi) is 4.91. The second-order valence-electron chi connectivity index (χ2n) is 5.79. The van der Waals surface area contributed by atoms with Crippen molar-refractivity contribution in [2.45, 2.75) is 45.6 Å². The Hall–Kier alpha value is -1.59. The number of hydrogen-bond donors (Lipinski definition) is 1. The number of carbonyl (C=O) groups excluding carboxylic acids is 2. The first-order chi connectivity index (χ1) is 8.69. The van der Waals surface area contributed by atoms with Gasteiger partial charge in [0.25, 0.3) is 0 Å². The third-order valence-electron chi connectivity index (χ3n) is 2.82. The van der Waals surface area contributed by atoms with Gasteiger partial charge in [0.2, 0.25) is 0 Å². The number of likely N-dealkylation sites (tertiary alicyclic amines) is 1. The number of carboxylic acids is 1. The minimum atomic E-state index is -1.02. The molecule has 0 radical (unpaired) electrons. The van der Waals surface area contributed by atoms with Gasteiger partial charge in [0.15, 0.2) is 0 Å². The van der Waals surface area contributed by atoms with Crippen LogP contribution in [0.1, 0.15) is 40.0 Å². The van der Waals surface area contributed by atoms with Crippen LogP contribution in [0.25, 0.3) is 0 Å². The predicted octanol–water partition coefficient (Wildman–Crippen LogP) is 1.68. The highest BCUT2D eigenvalue weighted by molar-refractivity contribution is 5.86. The molecule has 0 spiro atoms. The lowest BCUT2D eigenvalue weighted by atomic mass is 9.98. The zero-order valence-corrected chi connectivity index (χ0v) is 11.6. The third-order valence-corrected chi connectivity index (χ3v) is 2.82. The van der Waals surface area contributed by atoms with Gasteiger partial charge in [-0.05, 0) is 27.2 Å². The first kappa shape index (κ1) is 15.5. The first-order valence-electron chi connectivity index (χ1n) is 6.41. The molecule has 1 saturated heterocycles. The molecule has 0 bridgehead atoms. The Morgan fingerprint density at radius 3 is 2.58 bits per heavy atom. The molecule has 0 aromatic carbocycles. The van der Waals surface area contributed by atoms with E-state index in [0.29, 0.717) is 19.4 Å². The van der Waals surface area contributed by atoms with E-state index in [9.17, 15) is 14.4 Å². The molecule has 1 heterocycles. The molecule has 1 aliphatic rings. The molecule has 1 fully saturated rings. The minimum absolute atomic E-state index is 0.0894. The molecule has 19 heavy (non-hydrogen) atoms. The van der Waals surface area contributed by atoms with Crippen LogP contribution in [0.15, 0.2) is 0 Å². The van der Waals surface area contributed by atoms with E-state index >= 15 is 0 Å². The first-order valence-corrected chi connectivity index (χ1v) is 6.41. The van der Waals surface area contributed by atoms with Crippen molar-refractivity contribution in [2.24, 2.45) is 5.92 Å². The zero-order chi connectivity index (χ0) is 14.6. The van der Waals surface area contributed by atoms with Gasteiger partial charge in [0, 0.05) is 25.4 Å². The van der Waals surface area contributed by atoms with E-state index in [-0.39, 0.29) is 18.7 Å². The van der Waals surface area contributed by atoms with Crippen molar-refractivity contribution in [3.05, 3.63) is 0 Å². The van der Waals surface area contributed by atoms with Crippen LogP contribution in [-0.4, -0.2) is 46.5 Å². The fourth-order valence-electron chi connectivity index (χ4n) is 1.99. The zero-order valence-electron chi connectivity index (χ0n) is 11.6. The number of aliphatic carboxylic acids is 1. The van der Waals surface area contributed by atoms with Crippen molar-refractivity contribution in [3.8, 4) is 0 Å². The van der Waals surface area contributed by atoms with Crippen LogP contribution in [0, 0.1) is 5.92 Å². The van der Waals surface area contributed by atoms with Gasteiger partial charge in [0.1, 0.15) is 11.4 Å². The maximum absolute atomic E-state index is 11.9. The molecular weight excluding hydrogens is 250 g/mol. The normalized spacial score (nSPS) is 20.9. The van der Waals surface area contributed by atoms with E-state index in [1.165, 1.54) is 4.90 Å². The summed E-state index contributed by atoms with van der Waals surface area (Å²) in [7, 11) is 0. The maximum Gasteiger partial charge on any atom is 0.410 e. The molecule has 1 N–H and O–H groups in total. The lowest BCUT2D eigenvalue weighted by Crippen LogP contribution is -2.40. The summed E-state index contributed by atoms with van der Waals surface area (Å²) in [5.41, 5.74) is -0.601. The van der Waals surface area contributed by atoms with Crippen molar-refractivity contribution in [3.63, 3.8) is 0 Å². The minimum Gasteiger partial charge on any atom is -0.481 e. The number of ketones is 1. The van der Waals surface area contributed by atoms with Crippen LogP contribution < -0.4 is 0 Å². The molecular formula is C13H21NO5. The highest BCUT2D eigenvalue weighted by atomic mass is 16.6. The second kappa shape index (κ2) is 6.04. The van der Waals surface area contributed by atoms with Gasteiger partial charge in [-0.25, -0.2) is 4.79 Å². The van der Waals surface area contributed by atoms with E-state index in [2.05, 4.69) is 0 Å². The fourth-order valence-corrected chi connectivity index (χ4v) is 1.99. The summed E-state index contributed by atoms with van der Waals surface area (Å²) < 4.78 is 5.25. The van der Waals surface area contributed by atoms with Crippen LogP contribution in [0.4, 0.5) is 4.79 Å². The molecule has 0 saturated carbocycles. The fraction of sp³-hybridized carbons (Fsp3) is 0.769. The number of Topliss-reactive ketones (excluding diaryl/α,β-unsaturated/α-hetero) is 1. The summed E-state index contributed by atoms with van der Waals surface area (Å²) in [4.78, 5) is 35.9. The summed E-state index contributed by atoms with van der Waals surface area (Å²) in [6.07, 6.45) is 0.140. The molecule has 0 aliphatic carbocycles. The van der Waals surface area contributed by atoms with Gasteiger partial charge in [-0.1, -0.05) is 0 Å². The predicted molar refractivity (Wildman–Crippen MR) is 67.8 cm³/mol. The lowest BCUT2D eigenvalue weighted by Gasteiger charge is -2.27. The van der Waals surface area contributed by atoms with Gasteiger partial charge in [-0.2, -0.15) is 0 Å².